The van der Waals surface area contributed by atoms with E-state index in [-0.39, 0.29) is 0 Å². The van der Waals surface area contributed by atoms with Gasteiger partial charge in [0.1, 0.15) is 0 Å². The molecule has 0 aliphatic carbocycles. The standard InChI is InChI=1S/C8H19N/c1-4-7(3)6-8(9)5-2/h7-8H,4-6,9H2,1-3H3. The van der Waals surface area contributed by atoms with Gasteiger partial charge in [0.2, 0.25) is 0 Å². The molecule has 1 heteroatoms. The lowest BCUT2D eigenvalue weighted by atomic mass is 9.99. The highest BCUT2D eigenvalue weighted by Crippen LogP contribution is 2.09. The van der Waals surface area contributed by atoms with E-state index in [1.807, 2.05) is 0 Å². The quantitative estimate of drug-likeness (QED) is 0.618. The summed E-state index contributed by atoms with van der Waals surface area (Å²) in [6.45, 7) is 6.62. The third-order valence-corrected chi connectivity index (χ3v) is 1.93. The van der Waals surface area contributed by atoms with E-state index in [0.717, 1.165) is 12.3 Å². The van der Waals surface area contributed by atoms with Crippen LogP contribution in [0.5, 0.6) is 0 Å². The van der Waals surface area contributed by atoms with E-state index in [2.05, 4.69) is 20.8 Å². The molecule has 1 nitrogen and oxygen atoms in total. The fourth-order valence-corrected chi connectivity index (χ4v) is 0.850. The lowest BCUT2D eigenvalue weighted by molar-refractivity contribution is 0.445. The monoisotopic (exact) mass is 129 g/mol. The second-order valence-corrected chi connectivity index (χ2v) is 2.92. The van der Waals surface area contributed by atoms with Gasteiger partial charge in [-0.25, -0.2) is 0 Å². The number of nitrogens with two attached hydrogens (primary N) is 1. The van der Waals surface area contributed by atoms with E-state index >= 15 is 0 Å². The van der Waals surface area contributed by atoms with Crippen LogP contribution in [0, 0.1) is 5.92 Å². The Balaban J connectivity index is 3.22. The molecular formula is C8H19N. The van der Waals surface area contributed by atoms with Crippen molar-refractivity contribution < 1.29 is 0 Å². The molecule has 0 aromatic heterocycles. The first-order valence-electron chi connectivity index (χ1n) is 3.96. The van der Waals surface area contributed by atoms with Crippen LogP contribution >= 0.6 is 0 Å². The molecule has 0 radical (unpaired) electrons. The van der Waals surface area contributed by atoms with Crippen LogP contribution < -0.4 is 5.73 Å². The van der Waals surface area contributed by atoms with Gasteiger partial charge in [0, 0.05) is 6.04 Å². The summed E-state index contributed by atoms with van der Waals surface area (Å²) in [6.07, 6.45) is 3.56. The topological polar surface area (TPSA) is 26.0 Å². The molecule has 0 aliphatic heterocycles. The van der Waals surface area contributed by atoms with Crippen LogP contribution in [-0.4, -0.2) is 6.04 Å². The highest BCUT2D eigenvalue weighted by atomic mass is 14.6. The van der Waals surface area contributed by atoms with Gasteiger partial charge in [-0.2, -0.15) is 0 Å². The van der Waals surface area contributed by atoms with Gasteiger partial charge in [-0.1, -0.05) is 27.2 Å². The molecular weight excluding hydrogens is 110 g/mol. The van der Waals surface area contributed by atoms with Crippen molar-refractivity contribution in [1.82, 2.24) is 0 Å². The van der Waals surface area contributed by atoms with Crippen LogP contribution in [0.15, 0.2) is 0 Å². The predicted molar refractivity (Wildman–Crippen MR) is 42.3 cm³/mol. The summed E-state index contributed by atoms with van der Waals surface area (Å²) in [7, 11) is 0. The van der Waals surface area contributed by atoms with Gasteiger partial charge < -0.3 is 5.73 Å². The Kier molecular flexibility index (Phi) is 4.78. The summed E-state index contributed by atoms with van der Waals surface area (Å²) < 4.78 is 0. The van der Waals surface area contributed by atoms with E-state index in [1.165, 1.54) is 12.8 Å². The first kappa shape index (κ1) is 8.96. The van der Waals surface area contributed by atoms with E-state index < -0.39 is 0 Å². The zero-order chi connectivity index (χ0) is 7.28. The molecule has 0 saturated carbocycles. The molecule has 2 unspecified atom stereocenters. The Morgan fingerprint density at radius 2 is 1.78 bits per heavy atom. The Bertz CT molecular complexity index is 53.6. The fraction of sp³-hybridized carbons (Fsp3) is 1.00. The van der Waals surface area contributed by atoms with Crippen molar-refractivity contribution in [2.24, 2.45) is 11.7 Å². The molecule has 2 atom stereocenters. The van der Waals surface area contributed by atoms with Gasteiger partial charge in [0.25, 0.3) is 0 Å². The van der Waals surface area contributed by atoms with Gasteiger partial charge in [0.05, 0.1) is 0 Å². The Morgan fingerprint density at radius 1 is 1.22 bits per heavy atom. The molecule has 0 saturated heterocycles. The Morgan fingerprint density at radius 3 is 2.11 bits per heavy atom. The molecule has 9 heavy (non-hydrogen) atoms. The number of hydrogen-bond donors (Lipinski definition) is 1. The van der Waals surface area contributed by atoms with Crippen LogP contribution in [0.4, 0.5) is 0 Å². The SMILES string of the molecule is CCC(C)CC(N)CC. The number of rotatable bonds is 4. The first-order chi connectivity index (χ1) is 4.20. The van der Waals surface area contributed by atoms with Crippen molar-refractivity contribution in [3.63, 3.8) is 0 Å². The molecule has 0 aliphatic rings. The zero-order valence-electron chi connectivity index (χ0n) is 6.85. The van der Waals surface area contributed by atoms with Crippen molar-refractivity contribution in [3.8, 4) is 0 Å². The largest absolute Gasteiger partial charge is 0.328 e. The lowest BCUT2D eigenvalue weighted by Crippen LogP contribution is -2.21. The smallest absolute Gasteiger partial charge is 0.00387 e. The molecule has 0 aromatic carbocycles. The van der Waals surface area contributed by atoms with Crippen LogP contribution in [0.3, 0.4) is 0 Å². The summed E-state index contributed by atoms with van der Waals surface area (Å²) in [5.41, 5.74) is 5.75. The minimum Gasteiger partial charge on any atom is -0.328 e. The Hall–Kier alpha value is -0.0400. The maximum atomic E-state index is 5.75. The highest BCUT2D eigenvalue weighted by molar-refractivity contribution is 4.61. The lowest BCUT2D eigenvalue weighted by Gasteiger charge is -2.12. The third kappa shape index (κ3) is 4.46. The minimum absolute atomic E-state index is 0.431. The molecule has 0 bridgehead atoms. The average Bonchev–Trinajstić information content (AvgIpc) is 1.87. The maximum absolute atomic E-state index is 5.75. The second kappa shape index (κ2) is 4.80. The second-order valence-electron chi connectivity index (χ2n) is 2.92. The van der Waals surface area contributed by atoms with E-state index in [1.54, 1.807) is 0 Å². The van der Waals surface area contributed by atoms with Crippen LogP contribution in [0.25, 0.3) is 0 Å². The summed E-state index contributed by atoms with van der Waals surface area (Å²) >= 11 is 0. The van der Waals surface area contributed by atoms with Crippen molar-refractivity contribution in [1.29, 1.82) is 0 Å². The fourth-order valence-electron chi connectivity index (χ4n) is 0.850. The van der Waals surface area contributed by atoms with Crippen molar-refractivity contribution >= 4 is 0 Å². The molecule has 0 amide bonds. The van der Waals surface area contributed by atoms with E-state index in [0.29, 0.717) is 6.04 Å². The van der Waals surface area contributed by atoms with Crippen LogP contribution in [-0.2, 0) is 0 Å². The maximum Gasteiger partial charge on any atom is 0.00387 e. The molecule has 0 rings (SSSR count). The van der Waals surface area contributed by atoms with Crippen LogP contribution in [0.2, 0.25) is 0 Å². The van der Waals surface area contributed by atoms with Gasteiger partial charge in [-0.05, 0) is 18.8 Å². The predicted octanol–water partition coefficient (Wildman–Crippen LogP) is 2.16. The summed E-state index contributed by atoms with van der Waals surface area (Å²) in [5.74, 6) is 0.806. The minimum atomic E-state index is 0.431. The first-order valence-corrected chi connectivity index (χ1v) is 3.96. The molecule has 0 heterocycles. The van der Waals surface area contributed by atoms with E-state index in [9.17, 15) is 0 Å². The third-order valence-electron chi connectivity index (χ3n) is 1.93. The van der Waals surface area contributed by atoms with Gasteiger partial charge in [0.15, 0.2) is 0 Å². The van der Waals surface area contributed by atoms with Gasteiger partial charge in [-0.3, -0.25) is 0 Å². The van der Waals surface area contributed by atoms with Crippen molar-refractivity contribution in [2.45, 2.75) is 46.1 Å². The zero-order valence-corrected chi connectivity index (χ0v) is 6.85. The number of hydrogen-bond acceptors (Lipinski definition) is 1. The van der Waals surface area contributed by atoms with Crippen molar-refractivity contribution in [3.05, 3.63) is 0 Å². The van der Waals surface area contributed by atoms with Gasteiger partial charge in [-0.15, -0.1) is 0 Å². The van der Waals surface area contributed by atoms with E-state index in [4.69, 9.17) is 5.73 Å². The molecule has 2 N–H and O–H groups in total. The highest BCUT2D eigenvalue weighted by Gasteiger charge is 2.03. The van der Waals surface area contributed by atoms with Crippen molar-refractivity contribution in [2.75, 3.05) is 0 Å². The molecule has 0 aromatic rings. The van der Waals surface area contributed by atoms with Gasteiger partial charge >= 0.3 is 0 Å². The molecule has 0 fully saturated rings. The summed E-state index contributed by atoms with van der Waals surface area (Å²) in [6, 6.07) is 0.431. The molecule has 56 valence electrons. The average molecular weight is 129 g/mol. The normalized spacial score (nSPS) is 17.3. The summed E-state index contributed by atoms with van der Waals surface area (Å²) in [5, 5.41) is 0. The molecule has 0 spiro atoms. The van der Waals surface area contributed by atoms with Crippen LogP contribution in [0.1, 0.15) is 40.0 Å². The summed E-state index contributed by atoms with van der Waals surface area (Å²) in [4.78, 5) is 0. The Labute approximate surface area is 58.6 Å².